The molecule has 8 heteroatoms. The Morgan fingerprint density at radius 3 is 2.45 bits per heavy atom. The fourth-order valence-electron chi connectivity index (χ4n) is 1.76. The van der Waals surface area contributed by atoms with Crippen LogP contribution in [0.3, 0.4) is 0 Å². The molecule has 3 N–H and O–H groups in total. The van der Waals surface area contributed by atoms with Gasteiger partial charge in [-0.1, -0.05) is 6.07 Å². The second-order valence-electron chi connectivity index (χ2n) is 4.50. The minimum atomic E-state index is -4.10. The smallest absolute Gasteiger partial charge is 0.273 e. The van der Waals surface area contributed by atoms with Gasteiger partial charge in [-0.05, 0) is 31.0 Å². The molecule has 0 atom stereocenters. The third-order valence-corrected chi connectivity index (χ3v) is 4.28. The Bertz CT molecular complexity index is 589. The zero-order chi connectivity index (χ0) is 15.6. The van der Waals surface area contributed by atoms with Crippen LogP contribution in [-0.2, 0) is 10.0 Å². The van der Waals surface area contributed by atoms with Crippen LogP contribution in [0.4, 0.5) is 8.78 Å². The number of nitrogens with one attached hydrogen (secondary N) is 1. The van der Waals surface area contributed by atoms with Crippen LogP contribution in [0.15, 0.2) is 17.0 Å². The summed E-state index contributed by atoms with van der Waals surface area (Å²) in [4.78, 5) is -0.140. The Balaban J connectivity index is 3.16. The van der Waals surface area contributed by atoms with Gasteiger partial charge in [0.1, 0.15) is 10.6 Å². The zero-order valence-corrected chi connectivity index (χ0v) is 12.4. The molecule has 0 saturated heterocycles. The molecule has 0 aliphatic carbocycles. The highest BCUT2D eigenvalue weighted by atomic mass is 32.2. The maximum Gasteiger partial charge on any atom is 0.273 e. The Morgan fingerprint density at radius 1 is 1.35 bits per heavy atom. The quantitative estimate of drug-likeness (QED) is 0.827. The van der Waals surface area contributed by atoms with Crippen LogP contribution in [-0.4, -0.2) is 34.5 Å². The Kier molecular flexibility index (Phi) is 5.06. The molecule has 1 aromatic carbocycles. The first-order valence-corrected chi connectivity index (χ1v) is 7.34. The number of benzene rings is 1. The molecule has 5 nitrogen and oxygen atoms in total. The standard InChI is InChI=1S/C12H18F2N2O3S/c1-8-4-9(2)11(10(5-8)19-3)20(17,18)16-7-12(13,14)6-15/h4-5,16H,6-7,15H2,1-3H3. The lowest BCUT2D eigenvalue weighted by Gasteiger charge is -2.17. The van der Waals surface area contributed by atoms with Crippen molar-refractivity contribution in [2.75, 3.05) is 20.2 Å². The van der Waals surface area contributed by atoms with Crippen molar-refractivity contribution in [2.45, 2.75) is 24.7 Å². The van der Waals surface area contributed by atoms with Gasteiger partial charge in [-0.15, -0.1) is 0 Å². The van der Waals surface area contributed by atoms with Gasteiger partial charge in [0.05, 0.1) is 20.2 Å². The van der Waals surface area contributed by atoms with Crippen molar-refractivity contribution in [1.29, 1.82) is 0 Å². The van der Waals surface area contributed by atoms with E-state index in [-0.39, 0.29) is 10.6 Å². The number of hydrogen-bond donors (Lipinski definition) is 2. The molecule has 0 heterocycles. The summed E-state index contributed by atoms with van der Waals surface area (Å²) < 4.78 is 57.3. The summed E-state index contributed by atoms with van der Waals surface area (Å²) in [6.07, 6.45) is 0. The third kappa shape index (κ3) is 3.87. The predicted octanol–water partition coefficient (Wildman–Crippen LogP) is 1.18. The van der Waals surface area contributed by atoms with E-state index in [4.69, 9.17) is 10.5 Å². The molecule has 0 saturated carbocycles. The number of halogens is 2. The number of sulfonamides is 1. The normalized spacial score (nSPS) is 12.5. The van der Waals surface area contributed by atoms with Crippen LogP contribution >= 0.6 is 0 Å². The fraction of sp³-hybridized carbons (Fsp3) is 0.500. The first kappa shape index (κ1) is 16.8. The summed E-state index contributed by atoms with van der Waals surface area (Å²) in [6, 6.07) is 3.17. The van der Waals surface area contributed by atoms with Gasteiger partial charge < -0.3 is 10.5 Å². The number of methoxy groups -OCH3 is 1. The van der Waals surface area contributed by atoms with Crippen LogP contribution in [0.5, 0.6) is 5.75 Å². The van der Waals surface area contributed by atoms with Crippen molar-refractivity contribution in [3.05, 3.63) is 23.3 Å². The summed E-state index contributed by atoms with van der Waals surface area (Å²) in [6.45, 7) is 1.37. The van der Waals surface area contributed by atoms with E-state index in [0.29, 0.717) is 5.56 Å². The molecule has 0 aliphatic rings. The van der Waals surface area contributed by atoms with E-state index in [1.54, 1.807) is 19.9 Å². The molecule has 20 heavy (non-hydrogen) atoms. The van der Waals surface area contributed by atoms with E-state index in [1.807, 2.05) is 4.72 Å². The van der Waals surface area contributed by atoms with Gasteiger partial charge in [0.2, 0.25) is 10.0 Å². The van der Waals surface area contributed by atoms with Crippen molar-refractivity contribution in [3.63, 3.8) is 0 Å². The number of aryl methyl sites for hydroxylation is 2. The van der Waals surface area contributed by atoms with Crippen LogP contribution in [0.25, 0.3) is 0 Å². The van der Waals surface area contributed by atoms with Gasteiger partial charge in [-0.3, -0.25) is 0 Å². The zero-order valence-electron chi connectivity index (χ0n) is 11.5. The van der Waals surface area contributed by atoms with Crippen LogP contribution < -0.4 is 15.2 Å². The number of nitrogens with two attached hydrogens (primary N) is 1. The molecule has 1 aromatic rings. The first-order chi connectivity index (χ1) is 9.13. The largest absolute Gasteiger partial charge is 0.495 e. The van der Waals surface area contributed by atoms with Crippen molar-refractivity contribution >= 4 is 10.0 Å². The van der Waals surface area contributed by atoms with Gasteiger partial charge in [0, 0.05) is 0 Å². The van der Waals surface area contributed by atoms with Gasteiger partial charge in [-0.25, -0.2) is 21.9 Å². The highest BCUT2D eigenvalue weighted by Gasteiger charge is 2.31. The molecule has 0 radical (unpaired) electrons. The summed E-state index contributed by atoms with van der Waals surface area (Å²) >= 11 is 0. The molecule has 0 unspecified atom stereocenters. The second-order valence-corrected chi connectivity index (χ2v) is 6.20. The van der Waals surface area contributed by atoms with E-state index in [1.165, 1.54) is 13.2 Å². The minimum Gasteiger partial charge on any atom is -0.495 e. The molecule has 0 fully saturated rings. The SMILES string of the molecule is COc1cc(C)cc(C)c1S(=O)(=O)NCC(F)(F)CN. The van der Waals surface area contributed by atoms with E-state index in [0.717, 1.165) is 5.56 Å². The van der Waals surface area contributed by atoms with E-state index >= 15 is 0 Å². The van der Waals surface area contributed by atoms with Crippen LogP contribution in [0, 0.1) is 13.8 Å². The lowest BCUT2D eigenvalue weighted by atomic mass is 10.1. The number of alkyl halides is 2. The van der Waals surface area contributed by atoms with Crippen molar-refractivity contribution in [1.82, 2.24) is 4.72 Å². The number of rotatable bonds is 6. The first-order valence-electron chi connectivity index (χ1n) is 5.86. The van der Waals surface area contributed by atoms with E-state index < -0.39 is 29.0 Å². The van der Waals surface area contributed by atoms with E-state index in [9.17, 15) is 17.2 Å². The topological polar surface area (TPSA) is 81.4 Å². The Labute approximate surface area is 117 Å². The molecule has 1 rings (SSSR count). The lowest BCUT2D eigenvalue weighted by molar-refractivity contribution is 0.0170. The maximum absolute atomic E-state index is 13.1. The van der Waals surface area contributed by atoms with Crippen LogP contribution in [0.1, 0.15) is 11.1 Å². The van der Waals surface area contributed by atoms with Crippen molar-refractivity contribution < 1.29 is 21.9 Å². The number of hydrogen-bond acceptors (Lipinski definition) is 4. The second kappa shape index (κ2) is 6.02. The van der Waals surface area contributed by atoms with Crippen molar-refractivity contribution in [2.24, 2.45) is 5.73 Å². The molecule has 114 valence electrons. The Hall–Kier alpha value is -1.25. The van der Waals surface area contributed by atoms with Gasteiger partial charge in [-0.2, -0.15) is 0 Å². The van der Waals surface area contributed by atoms with E-state index in [2.05, 4.69) is 0 Å². The monoisotopic (exact) mass is 308 g/mol. The predicted molar refractivity (Wildman–Crippen MR) is 71.7 cm³/mol. The van der Waals surface area contributed by atoms with Crippen LogP contribution in [0.2, 0.25) is 0 Å². The summed E-state index contributed by atoms with van der Waals surface area (Å²) in [5.41, 5.74) is 6.10. The molecule has 0 amide bonds. The average Bonchev–Trinajstić information content (AvgIpc) is 2.35. The van der Waals surface area contributed by atoms with Crippen molar-refractivity contribution in [3.8, 4) is 5.75 Å². The maximum atomic E-state index is 13.1. The molecular weight excluding hydrogens is 290 g/mol. The molecule has 0 aromatic heterocycles. The summed E-state index contributed by atoms with van der Waals surface area (Å²) in [5, 5.41) is 0. The highest BCUT2D eigenvalue weighted by molar-refractivity contribution is 7.89. The highest BCUT2D eigenvalue weighted by Crippen LogP contribution is 2.28. The fourth-order valence-corrected chi connectivity index (χ4v) is 3.19. The summed E-state index contributed by atoms with van der Waals surface area (Å²) in [7, 11) is -2.78. The summed E-state index contributed by atoms with van der Waals surface area (Å²) in [5.74, 6) is -3.18. The molecule has 0 aliphatic heterocycles. The molecular formula is C12H18F2N2O3S. The Morgan fingerprint density at radius 2 is 1.95 bits per heavy atom. The lowest BCUT2D eigenvalue weighted by Crippen LogP contribution is -2.41. The average molecular weight is 308 g/mol. The van der Waals surface area contributed by atoms with Gasteiger partial charge in [0.15, 0.2) is 0 Å². The van der Waals surface area contributed by atoms with Gasteiger partial charge >= 0.3 is 0 Å². The minimum absolute atomic E-state index is 0.117. The number of ether oxygens (including phenoxy) is 1. The van der Waals surface area contributed by atoms with Gasteiger partial charge in [0.25, 0.3) is 5.92 Å². The third-order valence-electron chi connectivity index (χ3n) is 2.69. The molecule has 0 spiro atoms. The molecule has 0 bridgehead atoms.